The summed E-state index contributed by atoms with van der Waals surface area (Å²) in [6.45, 7) is 6.75. The molecule has 1 nitrogen and oxygen atoms in total. The van der Waals surface area contributed by atoms with Gasteiger partial charge >= 0.3 is 0 Å². The van der Waals surface area contributed by atoms with E-state index in [0.717, 1.165) is 18.5 Å². The largest absolute Gasteiger partial charge is 0.388 e. The van der Waals surface area contributed by atoms with Gasteiger partial charge in [-0.25, -0.2) is 0 Å². The summed E-state index contributed by atoms with van der Waals surface area (Å²) < 4.78 is 0. The van der Waals surface area contributed by atoms with Gasteiger partial charge in [-0.3, -0.25) is 0 Å². The Kier molecular flexibility index (Phi) is 8.29. The molecule has 1 N–H and O–H groups in total. The lowest BCUT2D eigenvalue weighted by atomic mass is 9.95. The van der Waals surface area contributed by atoms with Crippen LogP contribution in [0.2, 0.25) is 0 Å². The van der Waals surface area contributed by atoms with Gasteiger partial charge in [-0.05, 0) is 57.9 Å². The van der Waals surface area contributed by atoms with Crippen LogP contribution in [0, 0.1) is 5.92 Å². The van der Waals surface area contributed by atoms with Crippen molar-refractivity contribution in [2.24, 2.45) is 5.92 Å². The maximum atomic E-state index is 3.44. The minimum atomic E-state index is 0.525. The van der Waals surface area contributed by atoms with Crippen molar-refractivity contribution in [3.05, 3.63) is 108 Å². The summed E-state index contributed by atoms with van der Waals surface area (Å²) in [6, 6.07) is 28.4. The van der Waals surface area contributed by atoms with Crippen molar-refractivity contribution in [3.63, 3.8) is 0 Å². The van der Waals surface area contributed by atoms with Gasteiger partial charge in [0.2, 0.25) is 0 Å². The van der Waals surface area contributed by atoms with E-state index in [1.165, 1.54) is 39.8 Å². The Morgan fingerprint density at radius 2 is 1.52 bits per heavy atom. The summed E-state index contributed by atoms with van der Waals surface area (Å²) in [4.78, 5) is 0. The third kappa shape index (κ3) is 6.21. The number of nitrogens with one attached hydrogen (secondary N) is 1. The molecule has 160 valence electrons. The molecule has 3 aromatic rings. The Balaban J connectivity index is 2.01. The fourth-order valence-corrected chi connectivity index (χ4v) is 3.80. The highest BCUT2D eigenvalue weighted by Gasteiger charge is 2.07. The third-order valence-electron chi connectivity index (χ3n) is 5.76. The molecule has 0 saturated heterocycles. The van der Waals surface area contributed by atoms with E-state index in [-0.39, 0.29) is 0 Å². The Hall–Kier alpha value is -3.06. The van der Waals surface area contributed by atoms with Crippen molar-refractivity contribution in [1.29, 1.82) is 0 Å². The topological polar surface area (TPSA) is 12.0 Å². The van der Waals surface area contributed by atoms with Gasteiger partial charge in [0, 0.05) is 12.7 Å². The summed E-state index contributed by atoms with van der Waals surface area (Å²) in [5.41, 5.74) is 8.77. The van der Waals surface area contributed by atoms with Gasteiger partial charge < -0.3 is 5.32 Å². The van der Waals surface area contributed by atoms with Crippen LogP contribution in [0.25, 0.3) is 22.4 Å². The van der Waals surface area contributed by atoms with Crippen LogP contribution in [0.4, 0.5) is 0 Å². The molecule has 0 bridgehead atoms. The number of hydrogen-bond donors (Lipinski definition) is 1. The summed E-state index contributed by atoms with van der Waals surface area (Å²) in [6.07, 6.45) is 8.08. The first-order valence-corrected chi connectivity index (χ1v) is 11.5. The minimum absolute atomic E-state index is 0.525. The zero-order valence-electron chi connectivity index (χ0n) is 19.4. The van der Waals surface area contributed by atoms with E-state index in [9.17, 15) is 0 Å². The van der Waals surface area contributed by atoms with E-state index in [1.54, 1.807) is 0 Å². The number of benzene rings is 3. The lowest BCUT2D eigenvalue weighted by Crippen LogP contribution is -2.05. The quantitative estimate of drug-likeness (QED) is 0.353. The fraction of sp³-hybridized carbons (Fsp3) is 0.267. The first-order chi connectivity index (χ1) is 15.1. The van der Waals surface area contributed by atoms with Crippen molar-refractivity contribution < 1.29 is 0 Å². The van der Waals surface area contributed by atoms with E-state index in [2.05, 4.69) is 117 Å². The molecule has 0 spiro atoms. The molecule has 31 heavy (non-hydrogen) atoms. The van der Waals surface area contributed by atoms with Gasteiger partial charge in [-0.1, -0.05) is 112 Å². The van der Waals surface area contributed by atoms with Crippen LogP contribution in [-0.4, -0.2) is 7.05 Å². The Morgan fingerprint density at radius 1 is 0.839 bits per heavy atom. The normalized spacial score (nSPS) is 13.2. The summed E-state index contributed by atoms with van der Waals surface area (Å²) in [7, 11) is 2.01. The average molecular weight is 410 g/mol. The van der Waals surface area contributed by atoms with Crippen LogP contribution in [0.3, 0.4) is 0 Å². The highest BCUT2D eigenvalue weighted by atomic mass is 14.8. The van der Waals surface area contributed by atoms with Gasteiger partial charge in [0.25, 0.3) is 0 Å². The van der Waals surface area contributed by atoms with E-state index < -0.39 is 0 Å². The smallest absolute Gasteiger partial charge is 0.0417 e. The zero-order valence-corrected chi connectivity index (χ0v) is 19.4. The molecule has 0 aromatic heterocycles. The van der Waals surface area contributed by atoms with Crippen LogP contribution < -0.4 is 5.32 Å². The Labute approximate surface area is 188 Å². The third-order valence-corrected chi connectivity index (χ3v) is 5.76. The molecular weight excluding hydrogens is 374 g/mol. The molecule has 1 heteroatoms. The predicted octanol–water partition coefficient (Wildman–Crippen LogP) is 8.00. The number of hydrogen-bond acceptors (Lipinski definition) is 1. The first-order valence-electron chi connectivity index (χ1n) is 11.5. The Bertz CT molecular complexity index is 1030. The second-order valence-corrected chi connectivity index (χ2v) is 8.21. The Morgan fingerprint density at radius 3 is 2.19 bits per heavy atom. The number of aryl methyl sites for hydroxylation is 1. The lowest BCUT2D eigenvalue weighted by Gasteiger charge is -2.13. The molecule has 0 radical (unpaired) electrons. The minimum Gasteiger partial charge on any atom is -0.388 e. The van der Waals surface area contributed by atoms with Gasteiger partial charge in [0.05, 0.1) is 0 Å². The summed E-state index contributed by atoms with van der Waals surface area (Å²) >= 11 is 0. The molecule has 0 aliphatic rings. The highest BCUT2D eigenvalue weighted by molar-refractivity contribution is 5.84. The maximum Gasteiger partial charge on any atom is 0.0417 e. The lowest BCUT2D eigenvalue weighted by molar-refractivity contribution is 0.700. The molecule has 1 unspecified atom stereocenters. The molecular formula is C30H35N. The first kappa shape index (κ1) is 22.6. The van der Waals surface area contributed by atoms with Crippen molar-refractivity contribution in [1.82, 2.24) is 5.32 Å². The molecule has 3 rings (SSSR count). The van der Waals surface area contributed by atoms with Crippen LogP contribution in [0.15, 0.2) is 91.0 Å². The van der Waals surface area contributed by atoms with E-state index in [1.807, 2.05) is 7.05 Å². The van der Waals surface area contributed by atoms with Crippen molar-refractivity contribution in [3.8, 4) is 11.1 Å². The van der Waals surface area contributed by atoms with Crippen LogP contribution in [0.5, 0.6) is 0 Å². The average Bonchev–Trinajstić information content (AvgIpc) is 2.82. The molecule has 0 aliphatic carbocycles. The molecule has 3 aromatic carbocycles. The second-order valence-electron chi connectivity index (χ2n) is 8.21. The predicted molar refractivity (Wildman–Crippen MR) is 137 cm³/mol. The highest BCUT2D eigenvalue weighted by Crippen LogP contribution is 2.27. The monoisotopic (exact) mass is 409 g/mol. The number of rotatable bonds is 9. The SMILES string of the molecule is CCCc1cccc(-c2cccc(/C(=C/C(=C\C(C)CC)c3ccccc3)NC)c2)c1. The van der Waals surface area contributed by atoms with Gasteiger partial charge in [0.1, 0.15) is 0 Å². The van der Waals surface area contributed by atoms with E-state index in [0.29, 0.717) is 5.92 Å². The van der Waals surface area contributed by atoms with Gasteiger partial charge in [-0.15, -0.1) is 0 Å². The fourth-order valence-electron chi connectivity index (χ4n) is 3.80. The molecule has 0 amide bonds. The maximum absolute atomic E-state index is 3.44. The van der Waals surface area contributed by atoms with Crippen LogP contribution in [0.1, 0.15) is 50.3 Å². The zero-order chi connectivity index (χ0) is 22.1. The van der Waals surface area contributed by atoms with Crippen molar-refractivity contribution in [2.45, 2.75) is 40.0 Å². The molecule has 0 heterocycles. The van der Waals surface area contributed by atoms with Gasteiger partial charge in [-0.2, -0.15) is 0 Å². The second kappa shape index (κ2) is 11.4. The molecule has 0 saturated carbocycles. The molecule has 0 fully saturated rings. The molecule has 1 atom stereocenters. The van der Waals surface area contributed by atoms with Crippen molar-refractivity contribution in [2.75, 3.05) is 7.05 Å². The number of allylic oxidation sites excluding steroid dienone is 3. The van der Waals surface area contributed by atoms with Crippen LogP contribution in [-0.2, 0) is 6.42 Å². The summed E-state index contributed by atoms with van der Waals surface area (Å²) in [5, 5.41) is 3.44. The van der Waals surface area contributed by atoms with Gasteiger partial charge in [0.15, 0.2) is 0 Å². The molecule has 0 aliphatic heterocycles. The standard InChI is InChI=1S/C30H35N/c1-5-12-24-13-10-16-26(20-24)27-17-11-18-28(21-27)30(31-4)22-29(19-23(3)6-2)25-14-8-7-9-15-25/h7-11,13-23,31H,5-6,12H2,1-4H3/b29-19+,30-22-. The van der Waals surface area contributed by atoms with Crippen LogP contribution >= 0.6 is 0 Å². The van der Waals surface area contributed by atoms with Crippen molar-refractivity contribution >= 4 is 11.3 Å². The van der Waals surface area contributed by atoms with E-state index >= 15 is 0 Å². The van der Waals surface area contributed by atoms with E-state index in [4.69, 9.17) is 0 Å². The summed E-state index contributed by atoms with van der Waals surface area (Å²) in [5.74, 6) is 0.525.